The molecule has 35 heavy (non-hydrogen) atoms. The Balaban J connectivity index is 1.57. The number of carbonyl (C=O) groups is 3. The Kier molecular flexibility index (Phi) is 7.82. The maximum absolute atomic E-state index is 12.8. The molecule has 0 aliphatic heterocycles. The fraction of sp³-hybridized carbons (Fsp3) is 0.0833. The van der Waals surface area contributed by atoms with Crippen LogP contribution in [0.15, 0.2) is 72.8 Å². The van der Waals surface area contributed by atoms with Crippen LogP contribution in [-0.2, 0) is 10.9 Å². The van der Waals surface area contributed by atoms with Crippen LogP contribution in [0.3, 0.4) is 0 Å². The largest absolute Gasteiger partial charge is 0.465 e. The van der Waals surface area contributed by atoms with Crippen LogP contribution in [0.4, 0.5) is 24.5 Å². The second-order valence-electron chi connectivity index (χ2n) is 7.09. The summed E-state index contributed by atoms with van der Waals surface area (Å²) in [6.45, 7) is 0. The van der Waals surface area contributed by atoms with Crippen LogP contribution < -0.4 is 16.0 Å². The number of hydrogen-bond donors (Lipinski definition) is 3. The lowest BCUT2D eigenvalue weighted by molar-refractivity contribution is -0.137. The van der Waals surface area contributed by atoms with Gasteiger partial charge in [0.25, 0.3) is 11.8 Å². The van der Waals surface area contributed by atoms with E-state index in [-0.39, 0.29) is 21.9 Å². The third-order valence-electron chi connectivity index (χ3n) is 4.65. The van der Waals surface area contributed by atoms with E-state index in [1.165, 1.54) is 67.8 Å². The number of anilines is 2. The van der Waals surface area contributed by atoms with Crippen molar-refractivity contribution in [3.8, 4) is 0 Å². The van der Waals surface area contributed by atoms with Gasteiger partial charge in [-0.05, 0) is 78.9 Å². The van der Waals surface area contributed by atoms with Gasteiger partial charge in [0.15, 0.2) is 5.11 Å². The van der Waals surface area contributed by atoms with Crippen LogP contribution in [-0.4, -0.2) is 30.0 Å². The first kappa shape index (κ1) is 25.4. The zero-order valence-electron chi connectivity index (χ0n) is 18.1. The number of methoxy groups -OCH3 is 1. The molecule has 0 aromatic heterocycles. The molecule has 0 bridgehead atoms. The summed E-state index contributed by atoms with van der Waals surface area (Å²) in [4.78, 5) is 36.2. The average molecular weight is 501 g/mol. The molecule has 0 aliphatic rings. The summed E-state index contributed by atoms with van der Waals surface area (Å²) < 4.78 is 43.1. The fourth-order valence-electron chi connectivity index (χ4n) is 2.89. The second kappa shape index (κ2) is 10.8. The van der Waals surface area contributed by atoms with E-state index in [2.05, 4.69) is 20.7 Å². The van der Waals surface area contributed by atoms with Crippen molar-refractivity contribution in [2.24, 2.45) is 0 Å². The zero-order chi connectivity index (χ0) is 25.6. The van der Waals surface area contributed by atoms with Crippen LogP contribution in [0.5, 0.6) is 0 Å². The lowest BCUT2D eigenvalue weighted by Crippen LogP contribution is -2.34. The number of alkyl halides is 3. The Morgan fingerprint density at radius 3 is 1.94 bits per heavy atom. The molecule has 3 aromatic rings. The first-order chi connectivity index (χ1) is 16.6. The van der Waals surface area contributed by atoms with E-state index in [0.29, 0.717) is 11.3 Å². The molecule has 7 nitrogen and oxygen atoms in total. The average Bonchev–Trinajstić information content (AvgIpc) is 2.83. The van der Waals surface area contributed by atoms with Crippen molar-refractivity contribution in [3.05, 3.63) is 95.1 Å². The normalized spacial score (nSPS) is 10.7. The van der Waals surface area contributed by atoms with E-state index in [1.54, 1.807) is 0 Å². The molecule has 0 saturated heterocycles. The summed E-state index contributed by atoms with van der Waals surface area (Å²) >= 11 is 5.12. The van der Waals surface area contributed by atoms with Crippen molar-refractivity contribution in [1.29, 1.82) is 0 Å². The first-order valence-electron chi connectivity index (χ1n) is 9.96. The number of esters is 1. The molecule has 0 saturated carbocycles. The van der Waals surface area contributed by atoms with E-state index in [9.17, 15) is 27.6 Å². The molecule has 0 aliphatic carbocycles. The van der Waals surface area contributed by atoms with Gasteiger partial charge in [0.2, 0.25) is 0 Å². The number of hydrogen-bond acceptors (Lipinski definition) is 5. The molecule has 0 heterocycles. The highest BCUT2D eigenvalue weighted by molar-refractivity contribution is 7.80. The topological polar surface area (TPSA) is 96.5 Å². The highest BCUT2D eigenvalue weighted by Gasteiger charge is 2.30. The standard InChI is InChI=1S/C24H18F3N3O4S/c1-34-22(33)16-7-5-14(6-8-16)21(32)30-23(35)29-18-11-9-15(10-12-18)20(31)28-19-4-2-3-17(13-19)24(25,26)27/h2-13H,1H3,(H,28,31)(H2,29,30,32,35). The van der Waals surface area contributed by atoms with Crippen LogP contribution >= 0.6 is 12.2 Å². The molecular formula is C24H18F3N3O4S. The summed E-state index contributed by atoms with van der Waals surface area (Å²) in [5, 5.41) is 7.69. The number of carbonyl (C=O) groups excluding carboxylic acids is 3. The molecule has 3 rings (SSSR count). The Morgan fingerprint density at radius 1 is 0.771 bits per heavy atom. The first-order valence-corrected chi connectivity index (χ1v) is 10.4. The number of ether oxygens (including phenoxy) is 1. The Bertz CT molecular complexity index is 1260. The van der Waals surface area contributed by atoms with Gasteiger partial charge in [-0.2, -0.15) is 13.2 Å². The van der Waals surface area contributed by atoms with Gasteiger partial charge in [-0.15, -0.1) is 0 Å². The Morgan fingerprint density at radius 2 is 1.34 bits per heavy atom. The minimum atomic E-state index is -4.52. The van der Waals surface area contributed by atoms with Gasteiger partial charge < -0.3 is 15.4 Å². The van der Waals surface area contributed by atoms with Crippen LogP contribution in [0, 0.1) is 0 Å². The van der Waals surface area contributed by atoms with Gasteiger partial charge >= 0.3 is 12.1 Å². The van der Waals surface area contributed by atoms with Crippen molar-refractivity contribution in [2.45, 2.75) is 6.18 Å². The minimum Gasteiger partial charge on any atom is -0.465 e. The monoisotopic (exact) mass is 501 g/mol. The summed E-state index contributed by atoms with van der Waals surface area (Å²) in [5.41, 5.74) is 0.367. The maximum Gasteiger partial charge on any atom is 0.416 e. The van der Waals surface area contributed by atoms with Gasteiger partial charge in [-0.3, -0.25) is 14.9 Å². The molecule has 2 amide bonds. The Hall–Kier alpha value is -4.25. The SMILES string of the molecule is COC(=O)c1ccc(C(=O)NC(=S)Nc2ccc(C(=O)Nc3cccc(C(F)(F)F)c3)cc2)cc1. The van der Waals surface area contributed by atoms with E-state index in [1.807, 2.05) is 0 Å². The number of nitrogens with one attached hydrogen (secondary N) is 3. The van der Waals surface area contributed by atoms with Crippen molar-refractivity contribution in [1.82, 2.24) is 5.32 Å². The Labute approximate surface area is 203 Å². The van der Waals surface area contributed by atoms with Gasteiger partial charge in [0.05, 0.1) is 18.2 Å². The zero-order valence-corrected chi connectivity index (χ0v) is 18.9. The maximum atomic E-state index is 12.8. The fourth-order valence-corrected chi connectivity index (χ4v) is 3.11. The molecule has 0 radical (unpaired) electrons. The number of halogens is 3. The van der Waals surface area contributed by atoms with Crippen molar-refractivity contribution >= 4 is 46.5 Å². The molecule has 11 heteroatoms. The van der Waals surface area contributed by atoms with E-state index < -0.39 is 29.5 Å². The quantitative estimate of drug-likeness (QED) is 0.341. The molecule has 3 aromatic carbocycles. The van der Waals surface area contributed by atoms with Crippen LogP contribution in [0.2, 0.25) is 0 Å². The molecule has 0 fully saturated rings. The summed E-state index contributed by atoms with van der Waals surface area (Å²) in [6.07, 6.45) is -4.52. The van der Waals surface area contributed by atoms with E-state index in [4.69, 9.17) is 12.2 Å². The number of thiocarbonyl (C=S) groups is 1. The van der Waals surface area contributed by atoms with E-state index >= 15 is 0 Å². The number of benzene rings is 3. The summed E-state index contributed by atoms with van der Waals surface area (Å²) in [6, 6.07) is 16.0. The molecule has 0 unspecified atom stereocenters. The predicted octanol–water partition coefficient (Wildman–Crippen LogP) is 4.87. The van der Waals surface area contributed by atoms with Crippen molar-refractivity contribution in [2.75, 3.05) is 17.7 Å². The lowest BCUT2D eigenvalue weighted by Gasteiger charge is -2.11. The van der Waals surface area contributed by atoms with E-state index in [0.717, 1.165) is 12.1 Å². The van der Waals surface area contributed by atoms with Crippen molar-refractivity contribution < 1.29 is 32.3 Å². The highest BCUT2D eigenvalue weighted by Crippen LogP contribution is 2.30. The minimum absolute atomic E-state index is 0.00629. The molecule has 0 atom stereocenters. The van der Waals surface area contributed by atoms with Gasteiger partial charge in [-0.25, -0.2) is 4.79 Å². The third kappa shape index (κ3) is 6.87. The van der Waals surface area contributed by atoms with Crippen molar-refractivity contribution in [3.63, 3.8) is 0 Å². The third-order valence-corrected chi connectivity index (χ3v) is 4.85. The summed E-state index contributed by atoms with van der Waals surface area (Å²) in [7, 11) is 1.25. The predicted molar refractivity (Wildman–Crippen MR) is 127 cm³/mol. The molecule has 180 valence electrons. The molecular weight excluding hydrogens is 483 g/mol. The van der Waals surface area contributed by atoms with Crippen LogP contribution in [0.25, 0.3) is 0 Å². The highest BCUT2D eigenvalue weighted by atomic mass is 32.1. The van der Waals surface area contributed by atoms with Gasteiger partial charge in [-0.1, -0.05) is 6.07 Å². The smallest absolute Gasteiger partial charge is 0.416 e. The number of rotatable bonds is 5. The van der Waals surface area contributed by atoms with Crippen LogP contribution in [0.1, 0.15) is 36.6 Å². The second-order valence-corrected chi connectivity index (χ2v) is 7.50. The number of amides is 2. The molecule has 0 spiro atoms. The van der Waals surface area contributed by atoms with Gasteiger partial charge in [0.1, 0.15) is 0 Å². The molecule has 3 N–H and O–H groups in total. The van der Waals surface area contributed by atoms with Gasteiger partial charge in [0, 0.05) is 22.5 Å². The lowest BCUT2D eigenvalue weighted by atomic mass is 10.1. The summed E-state index contributed by atoms with van der Waals surface area (Å²) in [5.74, 6) is -1.63.